The van der Waals surface area contributed by atoms with Crippen molar-refractivity contribution in [3.05, 3.63) is 23.5 Å². The van der Waals surface area contributed by atoms with Crippen LogP contribution in [0, 0.1) is 0 Å². The van der Waals surface area contributed by atoms with Crippen molar-refractivity contribution >= 4 is 23.4 Å². The number of aromatic nitrogens is 1. The van der Waals surface area contributed by atoms with E-state index >= 15 is 0 Å². The highest BCUT2D eigenvalue weighted by Crippen LogP contribution is 2.29. The zero-order valence-corrected chi connectivity index (χ0v) is 9.62. The molecule has 0 atom stereocenters. The van der Waals surface area contributed by atoms with Crippen LogP contribution in [-0.2, 0) is 0 Å². The summed E-state index contributed by atoms with van der Waals surface area (Å²) in [6.45, 7) is 5.41. The van der Waals surface area contributed by atoms with Crippen LogP contribution in [0.2, 0.25) is 5.02 Å². The van der Waals surface area contributed by atoms with Crippen molar-refractivity contribution in [1.29, 1.82) is 0 Å². The van der Waals surface area contributed by atoms with Gasteiger partial charge in [-0.2, -0.15) is 0 Å². The van der Waals surface area contributed by atoms with Crippen molar-refractivity contribution in [1.82, 2.24) is 4.98 Å². The second kappa shape index (κ2) is 4.06. The van der Waals surface area contributed by atoms with Crippen molar-refractivity contribution < 1.29 is 9.90 Å². The molecule has 0 spiro atoms. The second-order valence-corrected chi connectivity index (χ2v) is 4.52. The normalized spacial score (nSPS) is 11.2. The molecule has 0 aliphatic heterocycles. The summed E-state index contributed by atoms with van der Waals surface area (Å²) in [5.41, 5.74) is -0.0942. The second-order valence-electron chi connectivity index (χ2n) is 4.12. The van der Waals surface area contributed by atoms with Crippen molar-refractivity contribution in [3.8, 4) is 0 Å². The van der Waals surface area contributed by atoms with E-state index in [1.165, 1.54) is 17.3 Å². The van der Waals surface area contributed by atoms with Crippen molar-refractivity contribution in [3.63, 3.8) is 0 Å². The lowest BCUT2D eigenvalue weighted by molar-refractivity contribution is 0.195. The molecule has 1 rings (SSSR count). The Morgan fingerprint density at radius 2 is 2.13 bits per heavy atom. The molecule has 82 valence electrons. The van der Waals surface area contributed by atoms with Crippen molar-refractivity contribution in [2.75, 3.05) is 4.90 Å². The predicted octanol–water partition coefficient (Wildman–Crippen LogP) is 3.02. The van der Waals surface area contributed by atoms with E-state index in [4.69, 9.17) is 16.7 Å². The maximum atomic E-state index is 11.1. The fourth-order valence-electron chi connectivity index (χ4n) is 1.30. The van der Waals surface area contributed by atoms with Crippen molar-refractivity contribution in [2.24, 2.45) is 0 Å². The molecule has 0 saturated carbocycles. The average molecular weight is 229 g/mol. The van der Waals surface area contributed by atoms with Gasteiger partial charge in [-0.3, -0.25) is 9.88 Å². The third kappa shape index (κ3) is 2.59. The summed E-state index contributed by atoms with van der Waals surface area (Å²) in [5.74, 6) is 0. The lowest BCUT2D eigenvalue weighted by Gasteiger charge is -2.33. The maximum absolute atomic E-state index is 11.1. The van der Waals surface area contributed by atoms with Crippen LogP contribution in [0.3, 0.4) is 0 Å². The van der Waals surface area contributed by atoms with Gasteiger partial charge < -0.3 is 5.11 Å². The number of hydrogen-bond donors (Lipinski definition) is 1. The van der Waals surface area contributed by atoms with Gasteiger partial charge in [0.25, 0.3) is 0 Å². The molecule has 0 radical (unpaired) electrons. The summed E-state index contributed by atoms with van der Waals surface area (Å²) < 4.78 is 0. The summed E-state index contributed by atoms with van der Waals surface area (Å²) >= 11 is 5.90. The largest absolute Gasteiger partial charge is 0.465 e. The molecule has 15 heavy (non-hydrogen) atoms. The molecule has 5 heteroatoms. The number of amides is 1. The van der Waals surface area contributed by atoms with Gasteiger partial charge in [-0.15, -0.1) is 0 Å². The van der Waals surface area contributed by atoms with E-state index < -0.39 is 11.6 Å². The Hall–Kier alpha value is -1.29. The lowest BCUT2D eigenvalue weighted by Crippen LogP contribution is -2.45. The van der Waals surface area contributed by atoms with E-state index in [-0.39, 0.29) is 0 Å². The third-order valence-corrected chi connectivity index (χ3v) is 2.15. The molecule has 0 fully saturated rings. The van der Waals surface area contributed by atoms with Crippen LogP contribution in [0.5, 0.6) is 0 Å². The minimum Gasteiger partial charge on any atom is -0.465 e. The van der Waals surface area contributed by atoms with Gasteiger partial charge in [-0.05, 0) is 26.8 Å². The summed E-state index contributed by atoms with van der Waals surface area (Å²) in [7, 11) is 0. The number of rotatable bonds is 1. The molecule has 0 aliphatic carbocycles. The molecule has 0 aromatic carbocycles. The standard InChI is InChI=1S/C10H13ClN2O2/c1-10(2,3)13(9(14)15)8-4-5-12-6-7(8)11/h4-6H,1-3H3,(H,14,15). The Labute approximate surface area is 93.5 Å². The molecule has 1 amide bonds. The van der Waals surface area contributed by atoms with Gasteiger partial charge in [-0.1, -0.05) is 11.6 Å². The van der Waals surface area contributed by atoms with Crippen LogP contribution in [-0.4, -0.2) is 21.7 Å². The Balaban J connectivity index is 3.23. The van der Waals surface area contributed by atoms with Crippen LogP contribution >= 0.6 is 11.6 Å². The summed E-state index contributed by atoms with van der Waals surface area (Å²) in [4.78, 5) is 16.2. The van der Waals surface area contributed by atoms with E-state index in [0.29, 0.717) is 10.7 Å². The van der Waals surface area contributed by atoms with Crippen LogP contribution in [0.25, 0.3) is 0 Å². The van der Waals surface area contributed by atoms with E-state index in [0.717, 1.165) is 0 Å². The van der Waals surface area contributed by atoms with Crippen LogP contribution in [0.15, 0.2) is 18.5 Å². The molecule has 4 nitrogen and oxygen atoms in total. The zero-order chi connectivity index (χ0) is 11.6. The molecule has 0 unspecified atom stereocenters. The van der Waals surface area contributed by atoms with Gasteiger partial charge in [0.2, 0.25) is 0 Å². The number of hydrogen-bond acceptors (Lipinski definition) is 2. The summed E-state index contributed by atoms with van der Waals surface area (Å²) in [6.07, 6.45) is 1.91. The Kier molecular flexibility index (Phi) is 3.19. The molecule has 1 aromatic rings. The fourth-order valence-corrected chi connectivity index (χ4v) is 1.50. The first-order valence-electron chi connectivity index (χ1n) is 4.46. The Morgan fingerprint density at radius 3 is 2.53 bits per heavy atom. The smallest absolute Gasteiger partial charge is 0.412 e. The number of carboxylic acid groups (broad SMARTS) is 1. The van der Waals surface area contributed by atoms with E-state index in [1.807, 2.05) is 0 Å². The molecule has 1 heterocycles. The van der Waals surface area contributed by atoms with Gasteiger partial charge >= 0.3 is 6.09 Å². The highest BCUT2D eigenvalue weighted by atomic mass is 35.5. The van der Waals surface area contributed by atoms with Crippen LogP contribution < -0.4 is 4.90 Å². The molecule has 0 saturated heterocycles. The first-order chi connectivity index (χ1) is 6.84. The van der Waals surface area contributed by atoms with Gasteiger partial charge in [0, 0.05) is 17.9 Å². The molecule has 1 aromatic heterocycles. The molecular weight excluding hydrogens is 216 g/mol. The predicted molar refractivity (Wildman–Crippen MR) is 59.5 cm³/mol. The molecular formula is C10H13ClN2O2. The minimum atomic E-state index is -1.03. The SMILES string of the molecule is CC(C)(C)N(C(=O)O)c1ccncc1Cl. The highest BCUT2D eigenvalue weighted by Gasteiger charge is 2.29. The first kappa shape index (κ1) is 11.8. The maximum Gasteiger partial charge on any atom is 0.412 e. The van der Waals surface area contributed by atoms with E-state index in [2.05, 4.69) is 4.98 Å². The molecule has 0 bridgehead atoms. The molecule has 1 N–H and O–H groups in total. The van der Waals surface area contributed by atoms with Gasteiger partial charge in [0.15, 0.2) is 0 Å². The number of carbonyl (C=O) groups is 1. The Morgan fingerprint density at radius 1 is 1.53 bits per heavy atom. The summed E-state index contributed by atoms with van der Waals surface area (Å²) in [5, 5.41) is 9.46. The van der Waals surface area contributed by atoms with Gasteiger partial charge in [-0.25, -0.2) is 4.79 Å². The number of anilines is 1. The average Bonchev–Trinajstić information content (AvgIpc) is 2.05. The van der Waals surface area contributed by atoms with Crippen LogP contribution in [0.4, 0.5) is 10.5 Å². The van der Waals surface area contributed by atoms with Gasteiger partial charge in [0.05, 0.1) is 10.7 Å². The zero-order valence-electron chi connectivity index (χ0n) is 8.86. The quantitative estimate of drug-likeness (QED) is 0.804. The van der Waals surface area contributed by atoms with E-state index in [9.17, 15) is 4.79 Å². The topological polar surface area (TPSA) is 53.4 Å². The van der Waals surface area contributed by atoms with E-state index in [1.54, 1.807) is 26.8 Å². The van der Waals surface area contributed by atoms with Crippen LogP contribution in [0.1, 0.15) is 20.8 Å². The summed E-state index contributed by atoms with van der Waals surface area (Å²) in [6, 6.07) is 1.59. The fraction of sp³-hybridized carbons (Fsp3) is 0.400. The first-order valence-corrected chi connectivity index (χ1v) is 4.84. The lowest BCUT2D eigenvalue weighted by atomic mass is 10.1. The minimum absolute atomic E-state index is 0.329. The van der Waals surface area contributed by atoms with Gasteiger partial charge in [0.1, 0.15) is 0 Å². The highest BCUT2D eigenvalue weighted by molar-refractivity contribution is 6.33. The molecule has 0 aliphatic rings. The Bertz CT molecular complexity index is 374. The third-order valence-electron chi connectivity index (χ3n) is 1.85. The monoisotopic (exact) mass is 228 g/mol. The number of pyridine rings is 1. The van der Waals surface area contributed by atoms with Crippen molar-refractivity contribution in [2.45, 2.75) is 26.3 Å². The number of nitrogens with zero attached hydrogens (tertiary/aromatic N) is 2. The number of halogens is 1.